The summed E-state index contributed by atoms with van der Waals surface area (Å²) in [5.74, 6) is -0.723. The monoisotopic (exact) mass is 343 g/mol. The van der Waals surface area contributed by atoms with Gasteiger partial charge in [0.05, 0.1) is 6.04 Å². The van der Waals surface area contributed by atoms with Crippen LogP contribution in [0.25, 0.3) is 0 Å². The van der Waals surface area contributed by atoms with Gasteiger partial charge in [-0.2, -0.15) is 0 Å². The maximum atomic E-state index is 12.4. The molecule has 0 bridgehead atoms. The normalized spacial score (nSPS) is 15.7. The number of imide groups is 1. The zero-order valence-corrected chi connectivity index (χ0v) is 14.0. The number of amides is 4. The predicted octanol–water partition coefficient (Wildman–Crippen LogP) is 1.85. The first kappa shape index (κ1) is 16.2. The molecule has 1 aliphatic rings. The van der Waals surface area contributed by atoms with Gasteiger partial charge in [-0.1, -0.05) is 36.4 Å². The Kier molecular flexibility index (Phi) is 4.61. The molecule has 0 radical (unpaired) electrons. The molecule has 1 saturated heterocycles. The zero-order valence-electron chi connectivity index (χ0n) is 13.1. The van der Waals surface area contributed by atoms with Crippen molar-refractivity contribution in [2.45, 2.75) is 6.04 Å². The Bertz CT molecular complexity index is 746. The fourth-order valence-corrected chi connectivity index (χ4v) is 3.40. The summed E-state index contributed by atoms with van der Waals surface area (Å²) in [5.41, 5.74) is 0.949. The van der Waals surface area contributed by atoms with Crippen molar-refractivity contribution < 1.29 is 14.4 Å². The van der Waals surface area contributed by atoms with E-state index in [2.05, 4.69) is 5.32 Å². The van der Waals surface area contributed by atoms with Gasteiger partial charge in [-0.25, -0.2) is 4.79 Å². The molecule has 1 aromatic carbocycles. The maximum Gasteiger partial charge on any atom is 0.327 e. The number of carbonyl (C=O) groups excluding carboxylic acids is 3. The third-order valence-electron chi connectivity index (χ3n) is 3.80. The summed E-state index contributed by atoms with van der Waals surface area (Å²) < 4.78 is 0. The number of thiophene rings is 1. The Morgan fingerprint density at radius 1 is 1.21 bits per heavy atom. The Morgan fingerprint density at radius 3 is 2.54 bits per heavy atom. The number of benzene rings is 1. The van der Waals surface area contributed by atoms with Crippen molar-refractivity contribution in [3.05, 3.63) is 58.3 Å². The molecule has 0 saturated carbocycles. The number of rotatable bonds is 5. The van der Waals surface area contributed by atoms with Crippen LogP contribution in [-0.4, -0.2) is 47.8 Å². The van der Waals surface area contributed by atoms with E-state index < -0.39 is 6.03 Å². The Balaban J connectivity index is 1.75. The molecule has 1 N–H and O–H groups in total. The second kappa shape index (κ2) is 6.84. The molecule has 1 aliphatic heterocycles. The fourth-order valence-electron chi connectivity index (χ4n) is 2.59. The van der Waals surface area contributed by atoms with E-state index in [4.69, 9.17) is 0 Å². The molecular formula is C17H17N3O3S. The van der Waals surface area contributed by atoms with E-state index in [-0.39, 0.29) is 30.9 Å². The van der Waals surface area contributed by atoms with Gasteiger partial charge in [-0.05, 0) is 17.0 Å². The van der Waals surface area contributed by atoms with E-state index in [1.807, 2.05) is 47.8 Å². The maximum absolute atomic E-state index is 12.4. The third-order valence-corrected chi connectivity index (χ3v) is 4.74. The summed E-state index contributed by atoms with van der Waals surface area (Å²) in [5, 5.41) is 4.87. The average molecular weight is 343 g/mol. The largest absolute Gasteiger partial charge is 0.343 e. The lowest BCUT2D eigenvalue weighted by Crippen LogP contribution is -2.42. The quantitative estimate of drug-likeness (QED) is 0.843. The van der Waals surface area contributed by atoms with Gasteiger partial charge in [-0.3, -0.25) is 14.5 Å². The van der Waals surface area contributed by atoms with Crippen LogP contribution in [-0.2, 0) is 9.59 Å². The highest BCUT2D eigenvalue weighted by molar-refractivity contribution is 7.10. The van der Waals surface area contributed by atoms with Gasteiger partial charge in [0.15, 0.2) is 0 Å². The molecule has 3 rings (SSSR count). The van der Waals surface area contributed by atoms with Crippen LogP contribution in [0.4, 0.5) is 4.79 Å². The first-order valence-corrected chi connectivity index (χ1v) is 8.37. The van der Waals surface area contributed by atoms with E-state index in [0.29, 0.717) is 0 Å². The van der Waals surface area contributed by atoms with Crippen LogP contribution in [0.3, 0.4) is 0 Å². The number of hydrogen-bond donors (Lipinski definition) is 1. The van der Waals surface area contributed by atoms with E-state index in [1.54, 1.807) is 11.3 Å². The van der Waals surface area contributed by atoms with Crippen LogP contribution in [0.5, 0.6) is 0 Å². The van der Waals surface area contributed by atoms with E-state index in [0.717, 1.165) is 15.3 Å². The smallest absolute Gasteiger partial charge is 0.327 e. The molecule has 124 valence electrons. The zero-order chi connectivity index (χ0) is 17.1. The third kappa shape index (κ3) is 3.30. The lowest BCUT2D eigenvalue weighted by atomic mass is 10.1. The van der Waals surface area contributed by atoms with Gasteiger partial charge in [0, 0.05) is 11.9 Å². The number of urea groups is 1. The molecule has 2 aromatic rings. The van der Waals surface area contributed by atoms with Crippen LogP contribution in [0, 0.1) is 0 Å². The van der Waals surface area contributed by atoms with Gasteiger partial charge in [0.1, 0.15) is 13.1 Å². The minimum Gasteiger partial charge on any atom is -0.343 e. The van der Waals surface area contributed by atoms with Crippen molar-refractivity contribution in [3.8, 4) is 0 Å². The van der Waals surface area contributed by atoms with Crippen molar-refractivity contribution in [1.29, 1.82) is 0 Å². The molecule has 6 nitrogen and oxygen atoms in total. The number of nitrogens with zero attached hydrogens (tertiary/aromatic N) is 2. The molecule has 1 aromatic heterocycles. The Labute approximate surface area is 143 Å². The van der Waals surface area contributed by atoms with Crippen molar-refractivity contribution in [1.82, 2.24) is 15.1 Å². The summed E-state index contributed by atoms with van der Waals surface area (Å²) >= 11 is 1.54. The van der Waals surface area contributed by atoms with Crippen LogP contribution in [0.15, 0.2) is 47.8 Å². The fraction of sp³-hybridized carbons (Fsp3) is 0.235. The van der Waals surface area contributed by atoms with E-state index >= 15 is 0 Å². The van der Waals surface area contributed by atoms with Gasteiger partial charge < -0.3 is 10.2 Å². The lowest BCUT2D eigenvalue weighted by molar-refractivity contribution is -0.130. The standard InChI is InChI=1S/C17H17N3O3S/c1-19-11-15(22)20(17(19)23)10-14(21)18-16(13-8-5-9-24-13)12-6-3-2-4-7-12/h2-9,16H,10-11H2,1H3,(H,18,21)/t16-/m1/s1. The first-order chi connectivity index (χ1) is 11.6. The first-order valence-electron chi connectivity index (χ1n) is 7.49. The molecule has 4 amide bonds. The molecule has 0 aliphatic carbocycles. The summed E-state index contributed by atoms with van der Waals surface area (Å²) in [7, 11) is 1.54. The summed E-state index contributed by atoms with van der Waals surface area (Å²) in [6, 6.07) is 12.7. The SMILES string of the molecule is CN1CC(=O)N(CC(=O)N[C@H](c2ccccc2)c2cccs2)C1=O. The highest BCUT2D eigenvalue weighted by Gasteiger charge is 2.35. The molecule has 1 atom stereocenters. The van der Waals surface area contributed by atoms with E-state index in [1.165, 1.54) is 11.9 Å². The molecule has 24 heavy (non-hydrogen) atoms. The summed E-state index contributed by atoms with van der Waals surface area (Å²) in [6.07, 6.45) is 0. The second-order valence-corrected chi connectivity index (χ2v) is 6.52. The van der Waals surface area contributed by atoms with Gasteiger partial charge in [0.25, 0.3) is 5.91 Å². The van der Waals surface area contributed by atoms with Crippen LogP contribution in [0.1, 0.15) is 16.5 Å². The topological polar surface area (TPSA) is 69.7 Å². The minimum atomic E-state index is -0.442. The number of nitrogens with one attached hydrogen (secondary N) is 1. The van der Waals surface area contributed by atoms with Gasteiger partial charge in [-0.15, -0.1) is 11.3 Å². The van der Waals surface area contributed by atoms with Crippen molar-refractivity contribution in [2.24, 2.45) is 0 Å². The Hall–Kier alpha value is -2.67. The van der Waals surface area contributed by atoms with Crippen molar-refractivity contribution in [2.75, 3.05) is 20.1 Å². The molecule has 1 fully saturated rings. The van der Waals surface area contributed by atoms with Crippen molar-refractivity contribution in [3.63, 3.8) is 0 Å². The number of hydrogen-bond acceptors (Lipinski definition) is 4. The summed E-state index contributed by atoms with van der Waals surface area (Å²) in [6.45, 7) is -0.254. The number of carbonyl (C=O) groups is 3. The average Bonchev–Trinajstić information content (AvgIpc) is 3.18. The van der Waals surface area contributed by atoms with Crippen LogP contribution in [0.2, 0.25) is 0 Å². The molecule has 0 spiro atoms. The molecule has 2 heterocycles. The van der Waals surface area contributed by atoms with Gasteiger partial charge >= 0.3 is 6.03 Å². The van der Waals surface area contributed by atoms with Crippen LogP contribution < -0.4 is 5.32 Å². The molecule has 0 unspecified atom stereocenters. The van der Waals surface area contributed by atoms with Gasteiger partial charge in [0.2, 0.25) is 5.91 Å². The van der Waals surface area contributed by atoms with Crippen LogP contribution >= 0.6 is 11.3 Å². The highest BCUT2D eigenvalue weighted by atomic mass is 32.1. The molecule has 7 heteroatoms. The molecular weight excluding hydrogens is 326 g/mol. The minimum absolute atomic E-state index is 0.0130. The summed E-state index contributed by atoms with van der Waals surface area (Å²) in [4.78, 5) is 39.4. The second-order valence-electron chi connectivity index (χ2n) is 5.55. The number of likely N-dealkylation sites (N-methyl/N-ethyl adjacent to an activating group) is 1. The Morgan fingerprint density at radius 2 is 1.96 bits per heavy atom. The lowest BCUT2D eigenvalue weighted by Gasteiger charge is -2.20. The predicted molar refractivity (Wildman–Crippen MR) is 90.5 cm³/mol. The van der Waals surface area contributed by atoms with Crippen molar-refractivity contribution >= 4 is 29.2 Å². The van der Waals surface area contributed by atoms with E-state index in [9.17, 15) is 14.4 Å². The highest BCUT2D eigenvalue weighted by Crippen LogP contribution is 2.25.